The largest absolute Gasteiger partial charge is 0.452 e. The lowest BCUT2D eigenvalue weighted by Crippen LogP contribution is -2.30. The van der Waals surface area contributed by atoms with Crippen LogP contribution in [0.5, 0.6) is 0 Å². The Kier molecular flexibility index (Phi) is 6.78. The van der Waals surface area contributed by atoms with Gasteiger partial charge in [-0.3, -0.25) is 19.3 Å². The van der Waals surface area contributed by atoms with Gasteiger partial charge in [0.2, 0.25) is 0 Å². The smallest absolute Gasteiger partial charge is 0.308 e. The Morgan fingerprint density at radius 2 is 1.87 bits per heavy atom. The van der Waals surface area contributed by atoms with Crippen LogP contribution in [-0.4, -0.2) is 45.0 Å². The Balaban J connectivity index is 1.54. The fourth-order valence-electron chi connectivity index (χ4n) is 2.80. The molecule has 10 heteroatoms. The molecule has 2 N–H and O–H groups in total. The first kappa shape index (κ1) is 21.8. The molecule has 1 heterocycles. The molecule has 2 aromatic carbocycles. The van der Waals surface area contributed by atoms with Crippen LogP contribution in [0.15, 0.2) is 63.3 Å². The molecule has 158 valence electrons. The molecule has 2 aromatic rings. The van der Waals surface area contributed by atoms with E-state index in [1.54, 1.807) is 30.3 Å². The number of amides is 1. The van der Waals surface area contributed by atoms with Crippen molar-refractivity contribution in [3.8, 4) is 0 Å². The van der Waals surface area contributed by atoms with Crippen molar-refractivity contribution in [3.63, 3.8) is 0 Å². The molecule has 1 unspecified atom stereocenters. The highest BCUT2D eigenvalue weighted by molar-refractivity contribution is 7.98. The van der Waals surface area contributed by atoms with E-state index in [0.717, 1.165) is 4.90 Å². The van der Waals surface area contributed by atoms with Gasteiger partial charge in [0, 0.05) is 10.5 Å². The number of esters is 1. The summed E-state index contributed by atoms with van der Waals surface area (Å²) in [4.78, 5) is 29.6. The normalized spacial score (nSPS) is 16.4. The van der Waals surface area contributed by atoms with E-state index in [1.165, 1.54) is 24.8 Å². The minimum atomic E-state index is -3.62. The average Bonchev–Trinajstić information content (AvgIpc) is 2.99. The number of ether oxygens (including phenoxy) is 1. The van der Waals surface area contributed by atoms with Crippen molar-refractivity contribution < 1.29 is 22.7 Å². The molecule has 0 saturated heterocycles. The first-order chi connectivity index (χ1) is 14.3. The number of thioether (sulfide) groups is 1. The number of hydrogen-bond acceptors (Lipinski definition) is 7. The number of nitrogens with one attached hydrogen (secondary N) is 2. The predicted molar refractivity (Wildman–Crippen MR) is 115 cm³/mol. The van der Waals surface area contributed by atoms with Crippen LogP contribution in [0, 0.1) is 0 Å². The Morgan fingerprint density at radius 1 is 1.17 bits per heavy atom. The van der Waals surface area contributed by atoms with Gasteiger partial charge in [0.25, 0.3) is 15.9 Å². The zero-order valence-corrected chi connectivity index (χ0v) is 18.0. The first-order valence-corrected chi connectivity index (χ1v) is 11.8. The molecular formula is C20H21N3O5S2. The number of para-hydroxylation sites is 1. The number of nitrogens with zero attached hydrogens (tertiary/aromatic N) is 1. The summed E-state index contributed by atoms with van der Waals surface area (Å²) in [5, 5.41) is 2.75. The van der Waals surface area contributed by atoms with Gasteiger partial charge in [-0.1, -0.05) is 24.3 Å². The summed E-state index contributed by atoms with van der Waals surface area (Å²) in [6.45, 7) is 1.51. The average molecular weight is 448 g/mol. The van der Waals surface area contributed by atoms with Crippen molar-refractivity contribution in [1.82, 2.24) is 4.72 Å². The van der Waals surface area contributed by atoms with Gasteiger partial charge < -0.3 is 10.1 Å². The SMILES string of the molecule is CSc1ccccc1NC(=O)C(C)OC(=O)CCN=C1NS(=O)(=O)c2ccccc21. The zero-order valence-electron chi connectivity index (χ0n) is 16.4. The van der Waals surface area contributed by atoms with Crippen LogP contribution in [0.25, 0.3) is 0 Å². The lowest BCUT2D eigenvalue weighted by atomic mass is 10.2. The van der Waals surface area contributed by atoms with Gasteiger partial charge in [0.15, 0.2) is 6.10 Å². The quantitative estimate of drug-likeness (QED) is 0.498. The van der Waals surface area contributed by atoms with Gasteiger partial charge in [-0.15, -0.1) is 11.8 Å². The number of aliphatic imine (C=N–C) groups is 1. The number of benzene rings is 2. The number of carbonyl (C=O) groups is 2. The van der Waals surface area contributed by atoms with E-state index in [0.29, 0.717) is 11.3 Å². The number of amidine groups is 1. The summed E-state index contributed by atoms with van der Waals surface area (Å²) in [7, 11) is -3.62. The highest BCUT2D eigenvalue weighted by atomic mass is 32.2. The van der Waals surface area contributed by atoms with Gasteiger partial charge in [-0.2, -0.15) is 0 Å². The van der Waals surface area contributed by atoms with E-state index >= 15 is 0 Å². The van der Waals surface area contributed by atoms with Crippen LogP contribution in [-0.2, 0) is 24.3 Å². The summed E-state index contributed by atoms with van der Waals surface area (Å²) in [6, 6.07) is 13.8. The van der Waals surface area contributed by atoms with Crippen molar-refractivity contribution >= 4 is 45.2 Å². The Morgan fingerprint density at radius 3 is 2.63 bits per heavy atom. The van der Waals surface area contributed by atoms with Gasteiger partial charge in [-0.05, 0) is 37.4 Å². The van der Waals surface area contributed by atoms with Gasteiger partial charge in [0.1, 0.15) is 5.84 Å². The third kappa shape index (κ3) is 5.00. The molecule has 1 aliphatic rings. The van der Waals surface area contributed by atoms with E-state index in [-0.39, 0.29) is 23.7 Å². The standard InChI is InChI=1S/C20H21N3O5S2/c1-13(20(25)22-15-8-4-5-9-16(15)29-2)28-18(24)11-12-21-19-14-7-3-6-10-17(14)30(26,27)23-19/h3-10,13H,11-12H2,1-2H3,(H,21,23)(H,22,25). The Bertz CT molecular complexity index is 1100. The fourth-order valence-corrected chi connectivity index (χ4v) is 4.61. The summed E-state index contributed by atoms with van der Waals surface area (Å²) < 4.78 is 31.6. The number of carbonyl (C=O) groups excluding carboxylic acids is 2. The monoisotopic (exact) mass is 447 g/mol. The molecule has 1 aliphatic heterocycles. The minimum absolute atomic E-state index is 0.0225. The molecule has 0 fully saturated rings. The molecule has 1 amide bonds. The number of sulfonamides is 1. The molecule has 0 aromatic heterocycles. The summed E-state index contributed by atoms with van der Waals surface area (Å²) in [5.74, 6) is -0.846. The molecule has 1 atom stereocenters. The first-order valence-electron chi connectivity index (χ1n) is 9.12. The summed E-state index contributed by atoms with van der Waals surface area (Å²) in [5.41, 5.74) is 1.11. The van der Waals surface area contributed by atoms with Gasteiger partial charge in [-0.25, -0.2) is 8.42 Å². The molecule has 0 saturated carbocycles. The number of fused-ring (bicyclic) bond motifs is 1. The van der Waals surface area contributed by atoms with Crippen LogP contribution >= 0.6 is 11.8 Å². The van der Waals surface area contributed by atoms with Crippen molar-refractivity contribution in [2.45, 2.75) is 29.2 Å². The molecule has 3 rings (SSSR count). The maximum absolute atomic E-state index is 12.3. The highest BCUT2D eigenvalue weighted by Gasteiger charge is 2.30. The van der Waals surface area contributed by atoms with E-state index in [1.807, 2.05) is 18.4 Å². The molecule has 30 heavy (non-hydrogen) atoms. The molecule has 0 spiro atoms. The summed E-state index contributed by atoms with van der Waals surface area (Å²) in [6.07, 6.45) is 0.830. The lowest BCUT2D eigenvalue weighted by Gasteiger charge is -2.14. The maximum atomic E-state index is 12.3. The van der Waals surface area contributed by atoms with E-state index in [4.69, 9.17) is 4.74 Å². The predicted octanol–water partition coefficient (Wildman–Crippen LogP) is 2.41. The third-order valence-electron chi connectivity index (χ3n) is 4.29. The second-order valence-corrected chi connectivity index (χ2v) is 8.90. The Labute approximate surface area is 179 Å². The van der Waals surface area contributed by atoms with E-state index in [2.05, 4.69) is 15.0 Å². The van der Waals surface area contributed by atoms with Gasteiger partial charge in [0.05, 0.1) is 23.5 Å². The van der Waals surface area contributed by atoms with E-state index < -0.39 is 28.0 Å². The third-order valence-corrected chi connectivity index (χ3v) is 6.48. The molecule has 0 radical (unpaired) electrons. The van der Waals surface area contributed by atoms with E-state index in [9.17, 15) is 18.0 Å². The highest BCUT2D eigenvalue weighted by Crippen LogP contribution is 2.25. The van der Waals surface area contributed by atoms with Crippen molar-refractivity contribution in [2.24, 2.45) is 4.99 Å². The fraction of sp³-hybridized carbons (Fsp3) is 0.250. The molecule has 0 bridgehead atoms. The van der Waals surface area contributed by atoms with Crippen LogP contribution in [0.2, 0.25) is 0 Å². The van der Waals surface area contributed by atoms with Crippen LogP contribution in [0.3, 0.4) is 0 Å². The number of anilines is 1. The van der Waals surface area contributed by atoms with Crippen molar-refractivity contribution in [3.05, 3.63) is 54.1 Å². The van der Waals surface area contributed by atoms with Crippen LogP contribution in [0.4, 0.5) is 5.69 Å². The second-order valence-electron chi connectivity index (χ2n) is 6.40. The molecule has 0 aliphatic carbocycles. The molecular weight excluding hydrogens is 426 g/mol. The Hall–Kier alpha value is -2.85. The number of hydrogen-bond donors (Lipinski definition) is 2. The molecule has 8 nitrogen and oxygen atoms in total. The van der Waals surface area contributed by atoms with Crippen LogP contribution in [0.1, 0.15) is 18.9 Å². The van der Waals surface area contributed by atoms with Crippen molar-refractivity contribution in [1.29, 1.82) is 0 Å². The maximum Gasteiger partial charge on any atom is 0.308 e. The van der Waals surface area contributed by atoms with Crippen LogP contribution < -0.4 is 10.0 Å². The topological polar surface area (TPSA) is 114 Å². The second kappa shape index (κ2) is 9.31. The summed E-state index contributed by atoms with van der Waals surface area (Å²) >= 11 is 1.50. The zero-order chi connectivity index (χ0) is 21.7. The van der Waals surface area contributed by atoms with Gasteiger partial charge >= 0.3 is 5.97 Å². The van der Waals surface area contributed by atoms with Crippen molar-refractivity contribution in [2.75, 3.05) is 18.1 Å². The number of rotatable bonds is 7. The minimum Gasteiger partial charge on any atom is -0.452 e. The lowest BCUT2D eigenvalue weighted by molar-refractivity contribution is -0.152.